The lowest BCUT2D eigenvalue weighted by Crippen LogP contribution is -2.10. The predicted molar refractivity (Wildman–Crippen MR) is 77.5 cm³/mol. The highest BCUT2D eigenvalue weighted by Gasteiger charge is 2.18. The summed E-state index contributed by atoms with van der Waals surface area (Å²) in [5, 5.41) is 0. The van der Waals surface area contributed by atoms with Gasteiger partial charge in [0.1, 0.15) is 10.6 Å². The number of aryl methyl sites for hydroxylation is 3. The second-order valence-electron chi connectivity index (χ2n) is 5.14. The number of fused-ring (bicyclic) bond motifs is 1. The Bertz CT molecular complexity index is 748. The first kappa shape index (κ1) is 13.2. The monoisotopic (exact) mass is 288 g/mol. The molecule has 2 aromatic rings. The third kappa shape index (κ3) is 2.56. The van der Waals surface area contributed by atoms with Gasteiger partial charge in [-0.15, -0.1) is 0 Å². The van der Waals surface area contributed by atoms with Crippen LogP contribution in [-0.4, -0.2) is 8.42 Å². The van der Waals surface area contributed by atoms with E-state index in [1.54, 1.807) is 24.3 Å². The lowest BCUT2D eigenvalue weighted by atomic mass is 10.1. The van der Waals surface area contributed by atoms with Gasteiger partial charge in [-0.3, -0.25) is 0 Å². The number of hydrogen-bond acceptors (Lipinski definition) is 3. The molecule has 0 aliphatic heterocycles. The molecule has 1 aliphatic carbocycles. The van der Waals surface area contributed by atoms with Crippen LogP contribution in [0, 0.1) is 6.92 Å². The topological polar surface area (TPSA) is 43.4 Å². The normalized spacial score (nSPS) is 14.1. The smallest absolute Gasteiger partial charge is 0.339 e. The van der Waals surface area contributed by atoms with Gasteiger partial charge in [-0.2, -0.15) is 8.42 Å². The molecule has 0 fully saturated rings. The first-order valence-electron chi connectivity index (χ1n) is 6.67. The van der Waals surface area contributed by atoms with Crippen molar-refractivity contribution in [3.8, 4) is 5.75 Å². The van der Waals surface area contributed by atoms with Gasteiger partial charge in [-0.1, -0.05) is 18.2 Å². The molecule has 0 N–H and O–H groups in total. The highest BCUT2D eigenvalue weighted by atomic mass is 32.2. The zero-order valence-electron chi connectivity index (χ0n) is 11.3. The zero-order valence-corrected chi connectivity index (χ0v) is 12.1. The van der Waals surface area contributed by atoms with Crippen molar-refractivity contribution in [1.29, 1.82) is 0 Å². The highest BCUT2D eigenvalue weighted by molar-refractivity contribution is 7.87. The SMILES string of the molecule is Cc1cccc(S(=O)(=O)Oc2ccc3c(c2)CCC3)c1. The van der Waals surface area contributed by atoms with Crippen LogP contribution in [0.3, 0.4) is 0 Å². The van der Waals surface area contributed by atoms with Gasteiger partial charge in [0.05, 0.1) is 0 Å². The van der Waals surface area contributed by atoms with Crippen LogP contribution in [0.15, 0.2) is 47.4 Å². The van der Waals surface area contributed by atoms with Crippen LogP contribution in [0.4, 0.5) is 0 Å². The fraction of sp³-hybridized carbons (Fsp3) is 0.250. The van der Waals surface area contributed by atoms with Crippen molar-refractivity contribution in [2.75, 3.05) is 0 Å². The van der Waals surface area contributed by atoms with Crippen LogP contribution < -0.4 is 4.18 Å². The molecular formula is C16H16O3S. The summed E-state index contributed by atoms with van der Waals surface area (Å²) in [7, 11) is -3.75. The largest absolute Gasteiger partial charge is 0.379 e. The number of benzene rings is 2. The maximum atomic E-state index is 12.2. The third-order valence-corrected chi connectivity index (χ3v) is 4.80. The van der Waals surface area contributed by atoms with Crippen molar-refractivity contribution < 1.29 is 12.6 Å². The van der Waals surface area contributed by atoms with E-state index in [9.17, 15) is 8.42 Å². The van der Waals surface area contributed by atoms with Crippen LogP contribution >= 0.6 is 0 Å². The van der Waals surface area contributed by atoms with Crippen molar-refractivity contribution in [3.63, 3.8) is 0 Å². The molecule has 2 aromatic carbocycles. The summed E-state index contributed by atoms with van der Waals surface area (Å²) in [6.07, 6.45) is 3.20. The molecule has 3 rings (SSSR count). The second kappa shape index (κ2) is 4.94. The van der Waals surface area contributed by atoms with E-state index in [0.29, 0.717) is 5.75 Å². The Morgan fingerprint density at radius 3 is 2.60 bits per heavy atom. The summed E-state index contributed by atoms with van der Waals surface area (Å²) < 4.78 is 29.7. The van der Waals surface area contributed by atoms with Crippen molar-refractivity contribution in [2.24, 2.45) is 0 Å². The Morgan fingerprint density at radius 1 is 1.00 bits per heavy atom. The van der Waals surface area contributed by atoms with Crippen molar-refractivity contribution in [3.05, 3.63) is 59.2 Å². The van der Waals surface area contributed by atoms with Gasteiger partial charge < -0.3 is 4.18 Å². The lowest BCUT2D eigenvalue weighted by molar-refractivity contribution is 0.485. The molecule has 0 unspecified atom stereocenters. The van der Waals surface area contributed by atoms with E-state index in [4.69, 9.17) is 4.18 Å². The third-order valence-electron chi connectivity index (χ3n) is 3.55. The predicted octanol–water partition coefficient (Wildman–Crippen LogP) is 3.25. The highest BCUT2D eigenvalue weighted by Crippen LogP contribution is 2.27. The van der Waals surface area contributed by atoms with E-state index in [1.165, 1.54) is 11.1 Å². The van der Waals surface area contributed by atoms with E-state index in [1.807, 2.05) is 25.1 Å². The van der Waals surface area contributed by atoms with Crippen LogP contribution in [-0.2, 0) is 23.0 Å². The van der Waals surface area contributed by atoms with E-state index < -0.39 is 10.1 Å². The molecule has 0 bridgehead atoms. The lowest BCUT2D eigenvalue weighted by Gasteiger charge is -2.09. The standard InChI is InChI=1S/C16H16O3S/c1-12-4-2-7-16(10-12)20(17,18)19-15-9-8-13-5-3-6-14(13)11-15/h2,4,7-11H,3,5-6H2,1H3. The average molecular weight is 288 g/mol. The summed E-state index contributed by atoms with van der Waals surface area (Å²) >= 11 is 0. The Kier molecular flexibility index (Phi) is 3.26. The minimum absolute atomic E-state index is 0.193. The number of hydrogen-bond donors (Lipinski definition) is 0. The van der Waals surface area contributed by atoms with Gasteiger partial charge in [0, 0.05) is 0 Å². The number of rotatable bonds is 3. The molecule has 0 atom stereocenters. The minimum atomic E-state index is -3.75. The Morgan fingerprint density at radius 2 is 1.80 bits per heavy atom. The first-order chi connectivity index (χ1) is 9.54. The fourth-order valence-electron chi connectivity index (χ4n) is 2.55. The van der Waals surface area contributed by atoms with Crippen molar-refractivity contribution in [1.82, 2.24) is 0 Å². The average Bonchev–Trinajstić information content (AvgIpc) is 2.85. The Hall–Kier alpha value is -1.81. The van der Waals surface area contributed by atoms with E-state index in [0.717, 1.165) is 24.8 Å². The summed E-state index contributed by atoms with van der Waals surface area (Å²) in [5.41, 5.74) is 3.39. The zero-order chi connectivity index (χ0) is 14.2. The van der Waals surface area contributed by atoms with Crippen LogP contribution in [0.1, 0.15) is 23.1 Å². The fourth-order valence-corrected chi connectivity index (χ4v) is 3.57. The maximum Gasteiger partial charge on any atom is 0.339 e. The van der Waals surface area contributed by atoms with E-state index >= 15 is 0 Å². The molecular weight excluding hydrogens is 272 g/mol. The van der Waals surface area contributed by atoms with Gasteiger partial charge in [0.2, 0.25) is 0 Å². The summed E-state index contributed by atoms with van der Waals surface area (Å²) in [4.78, 5) is 0.193. The van der Waals surface area contributed by atoms with Crippen molar-refractivity contribution >= 4 is 10.1 Å². The maximum absolute atomic E-state index is 12.2. The van der Waals surface area contributed by atoms with E-state index in [-0.39, 0.29) is 4.90 Å². The summed E-state index contributed by atoms with van der Waals surface area (Å²) in [6, 6.07) is 12.3. The van der Waals surface area contributed by atoms with Crippen LogP contribution in [0.5, 0.6) is 5.75 Å². The van der Waals surface area contributed by atoms with Gasteiger partial charge in [0.15, 0.2) is 0 Å². The van der Waals surface area contributed by atoms with E-state index in [2.05, 4.69) is 0 Å². The molecule has 0 spiro atoms. The molecule has 0 saturated carbocycles. The molecule has 1 aliphatic rings. The van der Waals surface area contributed by atoms with Gasteiger partial charge >= 0.3 is 10.1 Å². The van der Waals surface area contributed by atoms with Gasteiger partial charge in [0.25, 0.3) is 0 Å². The Balaban J connectivity index is 1.90. The minimum Gasteiger partial charge on any atom is -0.379 e. The summed E-state index contributed by atoms with van der Waals surface area (Å²) in [5.74, 6) is 0.396. The van der Waals surface area contributed by atoms with Gasteiger partial charge in [-0.05, 0) is 67.1 Å². The molecule has 104 valence electrons. The van der Waals surface area contributed by atoms with Crippen molar-refractivity contribution in [2.45, 2.75) is 31.1 Å². The summed E-state index contributed by atoms with van der Waals surface area (Å²) in [6.45, 7) is 1.86. The Labute approximate surface area is 119 Å². The molecule has 3 nitrogen and oxygen atoms in total. The molecule has 0 aromatic heterocycles. The van der Waals surface area contributed by atoms with Gasteiger partial charge in [-0.25, -0.2) is 0 Å². The molecule has 4 heteroatoms. The first-order valence-corrected chi connectivity index (χ1v) is 8.08. The molecule has 20 heavy (non-hydrogen) atoms. The molecule has 0 saturated heterocycles. The van der Waals surface area contributed by atoms with Crippen LogP contribution in [0.2, 0.25) is 0 Å². The second-order valence-corrected chi connectivity index (χ2v) is 6.68. The molecule has 0 heterocycles. The van der Waals surface area contributed by atoms with Crippen LogP contribution in [0.25, 0.3) is 0 Å². The molecule has 0 amide bonds. The quantitative estimate of drug-likeness (QED) is 0.814. The molecule has 0 radical (unpaired) electrons.